The molecule has 7 nitrogen and oxygen atoms in total. The van der Waals surface area contributed by atoms with E-state index in [-0.39, 0.29) is 6.54 Å². The van der Waals surface area contributed by atoms with Crippen molar-refractivity contribution in [2.75, 3.05) is 24.7 Å². The lowest BCUT2D eigenvalue weighted by Gasteiger charge is -2.20. The maximum atomic E-state index is 11.6. The van der Waals surface area contributed by atoms with E-state index in [1.165, 1.54) is 4.90 Å². The minimum absolute atomic E-state index is 0.0200. The average Bonchev–Trinajstić information content (AvgIpc) is 2.80. The largest absolute Gasteiger partial charge is 0.486 e. The molecular formula is C12H11NO6. The third kappa shape index (κ3) is 2.03. The highest BCUT2D eigenvalue weighted by Crippen LogP contribution is 2.35. The maximum Gasteiger partial charge on any atom is 0.415 e. The van der Waals surface area contributed by atoms with Crippen LogP contribution in [0.5, 0.6) is 11.5 Å². The van der Waals surface area contributed by atoms with Gasteiger partial charge in [-0.25, -0.2) is 9.59 Å². The zero-order chi connectivity index (χ0) is 13.4. The Morgan fingerprint density at radius 1 is 1.26 bits per heavy atom. The first-order valence-electron chi connectivity index (χ1n) is 5.76. The zero-order valence-electron chi connectivity index (χ0n) is 9.87. The second-order valence-electron chi connectivity index (χ2n) is 4.15. The SMILES string of the molecule is O=C(O)[C@@H]1CN(c2ccc3c(c2)OCCO3)C(=O)O1. The van der Waals surface area contributed by atoms with E-state index in [9.17, 15) is 9.59 Å². The molecule has 2 aliphatic rings. The summed E-state index contributed by atoms with van der Waals surface area (Å²) in [6.45, 7) is 0.908. The molecule has 0 aromatic heterocycles. The third-order valence-electron chi connectivity index (χ3n) is 2.92. The average molecular weight is 265 g/mol. The summed E-state index contributed by atoms with van der Waals surface area (Å²) in [4.78, 5) is 23.7. The molecule has 7 heteroatoms. The highest BCUT2D eigenvalue weighted by Gasteiger charge is 2.37. The lowest BCUT2D eigenvalue weighted by Crippen LogP contribution is -2.27. The number of carbonyl (C=O) groups excluding carboxylic acids is 1. The highest BCUT2D eigenvalue weighted by molar-refractivity contribution is 5.94. The Morgan fingerprint density at radius 3 is 2.68 bits per heavy atom. The topological polar surface area (TPSA) is 85.3 Å². The number of carboxylic acid groups (broad SMARTS) is 1. The van der Waals surface area contributed by atoms with Crippen LogP contribution in [0.25, 0.3) is 0 Å². The molecule has 19 heavy (non-hydrogen) atoms. The van der Waals surface area contributed by atoms with Crippen molar-refractivity contribution in [3.05, 3.63) is 18.2 Å². The van der Waals surface area contributed by atoms with Gasteiger partial charge in [-0.15, -0.1) is 0 Å². The summed E-state index contributed by atoms with van der Waals surface area (Å²) in [5.41, 5.74) is 0.526. The van der Waals surface area contributed by atoms with Crippen LogP contribution in [0.1, 0.15) is 0 Å². The van der Waals surface area contributed by atoms with Gasteiger partial charge in [-0.3, -0.25) is 4.90 Å². The summed E-state index contributed by atoms with van der Waals surface area (Å²) in [6.07, 6.45) is -1.82. The van der Waals surface area contributed by atoms with Crippen LogP contribution in [-0.4, -0.2) is 43.0 Å². The van der Waals surface area contributed by atoms with Crippen LogP contribution in [-0.2, 0) is 9.53 Å². The molecule has 1 amide bonds. The van der Waals surface area contributed by atoms with Gasteiger partial charge >= 0.3 is 12.1 Å². The minimum Gasteiger partial charge on any atom is -0.486 e. The molecule has 1 fully saturated rings. The van der Waals surface area contributed by atoms with E-state index in [1.807, 2.05) is 0 Å². The number of rotatable bonds is 2. The van der Waals surface area contributed by atoms with Crippen LogP contribution in [0.15, 0.2) is 18.2 Å². The summed E-state index contributed by atoms with van der Waals surface area (Å²) in [6, 6.07) is 4.99. The first-order chi connectivity index (χ1) is 9.15. The third-order valence-corrected chi connectivity index (χ3v) is 2.92. The van der Waals surface area contributed by atoms with Crippen LogP contribution in [0.4, 0.5) is 10.5 Å². The molecule has 0 unspecified atom stereocenters. The van der Waals surface area contributed by atoms with Crippen molar-refractivity contribution < 1.29 is 28.9 Å². The predicted octanol–water partition coefficient (Wildman–Crippen LogP) is 0.868. The van der Waals surface area contributed by atoms with Gasteiger partial charge in [0.1, 0.15) is 13.2 Å². The first-order valence-corrected chi connectivity index (χ1v) is 5.76. The van der Waals surface area contributed by atoms with Crippen molar-refractivity contribution in [2.45, 2.75) is 6.10 Å². The molecule has 3 rings (SSSR count). The molecule has 1 aromatic carbocycles. The molecule has 1 saturated heterocycles. The number of cyclic esters (lactones) is 1. The normalized spacial score (nSPS) is 21.2. The molecule has 1 aromatic rings. The van der Waals surface area contributed by atoms with Gasteiger partial charge in [0.15, 0.2) is 11.5 Å². The minimum atomic E-state index is -1.16. The van der Waals surface area contributed by atoms with Crippen LogP contribution in [0.2, 0.25) is 0 Å². The lowest BCUT2D eigenvalue weighted by molar-refractivity contribution is -0.144. The number of aliphatic carboxylic acids is 1. The van der Waals surface area contributed by atoms with Crippen LogP contribution in [0.3, 0.4) is 0 Å². The Hall–Kier alpha value is -2.44. The van der Waals surface area contributed by atoms with Crippen molar-refractivity contribution in [1.82, 2.24) is 0 Å². The fourth-order valence-corrected chi connectivity index (χ4v) is 2.00. The number of nitrogens with zero attached hydrogens (tertiary/aromatic N) is 1. The smallest absolute Gasteiger partial charge is 0.415 e. The fraction of sp³-hybridized carbons (Fsp3) is 0.333. The number of anilines is 1. The molecule has 0 bridgehead atoms. The molecule has 100 valence electrons. The van der Waals surface area contributed by atoms with Gasteiger partial charge in [0.2, 0.25) is 6.10 Å². The molecule has 1 atom stereocenters. The molecule has 2 aliphatic heterocycles. The van der Waals surface area contributed by atoms with Crippen molar-refractivity contribution in [3.8, 4) is 11.5 Å². The monoisotopic (exact) mass is 265 g/mol. The van der Waals surface area contributed by atoms with Crippen LogP contribution < -0.4 is 14.4 Å². The highest BCUT2D eigenvalue weighted by atomic mass is 16.6. The Bertz CT molecular complexity index is 543. The van der Waals surface area contributed by atoms with Gasteiger partial charge in [0.25, 0.3) is 0 Å². The molecular weight excluding hydrogens is 254 g/mol. The Kier molecular flexibility index (Phi) is 2.66. The van der Waals surface area contributed by atoms with E-state index in [0.717, 1.165) is 0 Å². The molecule has 0 radical (unpaired) electrons. The van der Waals surface area contributed by atoms with Gasteiger partial charge in [-0.1, -0.05) is 0 Å². The standard InChI is InChI=1S/C12H11NO6/c14-11(15)10-6-13(12(16)19-10)7-1-2-8-9(5-7)18-4-3-17-8/h1-2,5,10H,3-4,6H2,(H,14,15)/t10-/m0/s1. The number of hydrogen-bond donors (Lipinski definition) is 1. The van der Waals surface area contributed by atoms with E-state index in [1.54, 1.807) is 18.2 Å². The number of ether oxygens (including phenoxy) is 3. The summed E-state index contributed by atoms with van der Waals surface area (Å²) >= 11 is 0. The molecule has 2 heterocycles. The predicted molar refractivity (Wildman–Crippen MR) is 62.7 cm³/mol. The lowest BCUT2D eigenvalue weighted by atomic mass is 10.2. The quantitative estimate of drug-likeness (QED) is 0.853. The van der Waals surface area contributed by atoms with E-state index in [0.29, 0.717) is 30.4 Å². The molecule has 0 saturated carbocycles. The van der Waals surface area contributed by atoms with E-state index >= 15 is 0 Å². The number of carboxylic acids is 1. The van der Waals surface area contributed by atoms with E-state index < -0.39 is 18.2 Å². The molecule has 0 spiro atoms. The van der Waals surface area contributed by atoms with Crippen molar-refractivity contribution in [3.63, 3.8) is 0 Å². The number of amides is 1. The van der Waals surface area contributed by atoms with Crippen molar-refractivity contribution in [2.24, 2.45) is 0 Å². The Balaban J connectivity index is 1.86. The van der Waals surface area contributed by atoms with Gasteiger partial charge in [0.05, 0.1) is 12.2 Å². The van der Waals surface area contributed by atoms with Crippen molar-refractivity contribution >= 4 is 17.7 Å². The zero-order valence-corrected chi connectivity index (χ0v) is 9.87. The summed E-state index contributed by atoms with van der Waals surface area (Å²) in [5, 5.41) is 8.84. The van der Waals surface area contributed by atoms with Gasteiger partial charge in [-0.05, 0) is 12.1 Å². The summed E-state index contributed by atoms with van der Waals surface area (Å²) < 4.78 is 15.5. The fourth-order valence-electron chi connectivity index (χ4n) is 2.00. The summed E-state index contributed by atoms with van der Waals surface area (Å²) in [5.74, 6) is -0.0129. The Morgan fingerprint density at radius 2 is 2.00 bits per heavy atom. The van der Waals surface area contributed by atoms with Gasteiger partial charge < -0.3 is 19.3 Å². The second kappa shape index (κ2) is 4.34. The summed E-state index contributed by atoms with van der Waals surface area (Å²) in [7, 11) is 0. The first kappa shape index (κ1) is 11.6. The van der Waals surface area contributed by atoms with E-state index in [2.05, 4.69) is 0 Å². The maximum absolute atomic E-state index is 11.6. The molecule has 0 aliphatic carbocycles. The number of fused-ring (bicyclic) bond motifs is 1. The van der Waals surface area contributed by atoms with E-state index in [4.69, 9.17) is 19.3 Å². The Labute approximate surface area is 108 Å². The second-order valence-corrected chi connectivity index (χ2v) is 4.15. The van der Waals surface area contributed by atoms with Gasteiger partial charge in [-0.2, -0.15) is 0 Å². The molecule has 1 N–H and O–H groups in total. The van der Waals surface area contributed by atoms with Gasteiger partial charge in [0, 0.05) is 6.07 Å². The van der Waals surface area contributed by atoms with Crippen molar-refractivity contribution in [1.29, 1.82) is 0 Å². The number of carbonyl (C=O) groups is 2. The van der Waals surface area contributed by atoms with Crippen LogP contribution >= 0.6 is 0 Å². The number of hydrogen-bond acceptors (Lipinski definition) is 5. The number of benzene rings is 1. The van der Waals surface area contributed by atoms with Crippen LogP contribution in [0, 0.1) is 0 Å².